The molecule has 0 aliphatic heterocycles. The number of nitrogens with zero attached hydrogens (tertiary/aromatic N) is 1. The van der Waals surface area contributed by atoms with E-state index >= 15 is 0 Å². The van der Waals surface area contributed by atoms with Gasteiger partial charge < -0.3 is 15.8 Å². The van der Waals surface area contributed by atoms with Gasteiger partial charge >= 0.3 is 6.09 Å². The number of carbonyl (C=O) groups excluding carboxylic acids is 2. The highest BCUT2D eigenvalue weighted by atomic mass is 32.1. The zero-order valence-electron chi connectivity index (χ0n) is 13.0. The first-order valence-electron chi connectivity index (χ1n) is 7.16. The number of nitrogens with one attached hydrogen (secondary N) is 1. The van der Waals surface area contributed by atoms with E-state index in [0.717, 1.165) is 10.6 Å². The summed E-state index contributed by atoms with van der Waals surface area (Å²) >= 11 is 1.34. The van der Waals surface area contributed by atoms with Gasteiger partial charge in [-0.3, -0.25) is 4.79 Å². The molecule has 0 spiro atoms. The second-order valence-electron chi connectivity index (χ2n) is 5.14. The second kappa shape index (κ2) is 7.73. The molecule has 0 unspecified atom stereocenters. The van der Waals surface area contributed by atoms with Gasteiger partial charge in [0, 0.05) is 0 Å². The summed E-state index contributed by atoms with van der Waals surface area (Å²) in [6.45, 7) is 3.67. The minimum absolute atomic E-state index is 0.0206. The summed E-state index contributed by atoms with van der Waals surface area (Å²) in [4.78, 5) is 28.1. The van der Waals surface area contributed by atoms with Gasteiger partial charge in [-0.15, -0.1) is 11.3 Å². The van der Waals surface area contributed by atoms with Gasteiger partial charge in [-0.05, 0) is 25.8 Å². The molecule has 23 heavy (non-hydrogen) atoms. The van der Waals surface area contributed by atoms with Crippen molar-refractivity contribution in [2.75, 3.05) is 6.61 Å². The van der Waals surface area contributed by atoms with E-state index in [9.17, 15) is 9.59 Å². The van der Waals surface area contributed by atoms with Crippen LogP contribution in [-0.2, 0) is 11.2 Å². The van der Waals surface area contributed by atoms with Crippen LogP contribution in [0.4, 0.5) is 4.79 Å². The molecule has 0 radical (unpaired) electrons. The summed E-state index contributed by atoms with van der Waals surface area (Å²) < 4.78 is 4.86. The SMILES string of the molecule is Cc1nc(C)c(C(=O)N[C@H](COC(N)=O)Cc2ccccc2)s1. The molecule has 7 heteroatoms. The number of benzene rings is 1. The Balaban J connectivity index is 2.08. The average molecular weight is 333 g/mol. The monoisotopic (exact) mass is 333 g/mol. The van der Waals surface area contributed by atoms with Gasteiger partial charge in [0.1, 0.15) is 11.5 Å². The molecule has 2 rings (SSSR count). The van der Waals surface area contributed by atoms with Crippen LogP contribution in [-0.4, -0.2) is 29.6 Å². The van der Waals surface area contributed by atoms with Crippen LogP contribution in [0.5, 0.6) is 0 Å². The third-order valence-electron chi connectivity index (χ3n) is 3.20. The minimum atomic E-state index is -0.859. The fraction of sp³-hybridized carbons (Fsp3) is 0.312. The molecule has 3 N–H and O–H groups in total. The summed E-state index contributed by atoms with van der Waals surface area (Å²) in [5.74, 6) is -0.220. The summed E-state index contributed by atoms with van der Waals surface area (Å²) in [5.41, 5.74) is 6.75. The summed E-state index contributed by atoms with van der Waals surface area (Å²) in [7, 11) is 0. The number of aryl methyl sites for hydroxylation is 2. The summed E-state index contributed by atoms with van der Waals surface area (Å²) in [5, 5.41) is 3.72. The smallest absolute Gasteiger partial charge is 0.404 e. The van der Waals surface area contributed by atoms with E-state index < -0.39 is 6.09 Å². The predicted molar refractivity (Wildman–Crippen MR) is 88.5 cm³/mol. The average Bonchev–Trinajstić information content (AvgIpc) is 2.84. The van der Waals surface area contributed by atoms with Crippen LogP contribution in [0, 0.1) is 13.8 Å². The van der Waals surface area contributed by atoms with Crippen molar-refractivity contribution < 1.29 is 14.3 Å². The van der Waals surface area contributed by atoms with Crippen LogP contribution in [0.15, 0.2) is 30.3 Å². The van der Waals surface area contributed by atoms with Crippen LogP contribution < -0.4 is 11.1 Å². The largest absolute Gasteiger partial charge is 0.448 e. The molecular formula is C16H19N3O3S. The Bertz CT molecular complexity index is 685. The van der Waals surface area contributed by atoms with E-state index in [0.29, 0.717) is 17.0 Å². The number of ether oxygens (including phenoxy) is 1. The molecule has 0 aliphatic rings. The van der Waals surface area contributed by atoms with Gasteiger partial charge in [-0.25, -0.2) is 9.78 Å². The minimum Gasteiger partial charge on any atom is -0.448 e. The van der Waals surface area contributed by atoms with Crippen molar-refractivity contribution in [3.05, 3.63) is 51.5 Å². The van der Waals surface area contributed by atoms with Crippen molar-refractivity contribution in [2.45, 2.75) is 26.3 Å². The fourth-order valence-electron chi connectivity index (χ4n) is 2.23. The van der Waals surface area contributed by atoms with Crippen molar-refractivity contribution in [3.8, 4) is 0 Å². The number of nitrogens with two attached hydrogens (primary N) is 1. The van der Waals surface area contributed by atoms with Crippen LogP contribution in [0.1, 0.15) is 25.9 Å². The summed E-state index contributed by atoms with van der Waals surface area (Å²) in [6, 6.07) is 9.29. The van der Waals surface area contributed by atoms with Gasteiger partial charge in [0.15, 0.2) is 0 Å². The van der Waals surface area contributed by atoms with Gasteiger partial charge in [0.05, 0.1) is 16.7 Å². The number of thiazole rings is 1. The molecule has 1 atom stereocenters. The lowest BCUT2D eigenvalue weighted by Crippen LogP contribution is -2.40. The molecule has 0 bridgehead atoms. The third kappa shape index (κ3) is 5.07. The van der Waals surface area contributed by atoms with Crippen molar-refractivity contribution in [1.82, 2.24) is 10.3 Å². The predicted octanol–water partition coefficient (Wildman–Crippen LogP) is 2.20. The standard InChI is InChI=1S/C16H19N3O3S/c1-10-14(23-11(2)18-10)15(20)19-13(9-22-16(17)21)8-12-6-4-3-5-7-12/h3-7,13H,8-9H2,1-2H3,(H2,17,21)(H,19,20)/t13-/m0/s1. The molecule has 1 heterocycles. The van der Waals surface area contributed by atoms with E-state index in [4.69, 9.17) is 10.5 Å². The molecule has 0 aliphatic carbocycles. The fourth-order valence-corrected chi connectivity index (χ4v) is 3.05. The van der Waals surface area contributed by atoms with Crippen molar-refractivity contribution in [2.24, 2.45) is 5.73 Å². The number of amides is 2. The van der Waals surface area contributed by atoms with Gasteiger partial charge in [-0.1, -0.05) is 30.3 Å². The molecule has 0 saturated carbocycles. The Hall–Kier alpha value is -2.41. The molecule has 0 saturated heterocycles. The van der Waals surface area contributed by atoms with E-state index in [1.165, 1.54) is 11.3 Å². The van der Waals surface area contributed by atoms with Crippen molar-refractivity contribution in [3.63, 3.8) is 0 Å². The Morgan fingerprint density at radius 1 is 1.30 bits per heavy atom. The second-order valence-corrected chi connectivity index (χ2v) is 6.34. The zero-order chi connectivity index (χ0) is 16.8. The molecule has 122 valence electrons. The first-order valence-corrected chi connectivity index (χ1v) is 7.98. The molecular weight excluding hydrogens is 314 g/mol. The molecule has 2 amide bonds. The number of rotatable bonds is 6. The summed E-state index contributed by atoms with van der Waals surface area (Å²) in [6.07, 6.45) is -0.321. The lowest BCUT2D eigenvalue weighted by atomic mass is 10.1. The van der Waals surface area contributed by atoms with Crippen molar-refractivity contribution >= 4 is 23.3 Å². The third-order valence-corrected chi connectivity index (χ3v) is 4.27. The number of carbonyl (C=O) groups is 2. The van der Waals surface area contributed by atoms with Crippen LogP contribution in [0.25, 0.3) is 0 Å². The normalized spacial score (nSPS) is 11.7. The highest BCUT2D eigenvalue weighted by molar-refractivity contribution is 7.13. The topological polar surface area (TPSA) is 94.3 Å². The lowest BCUT2D eigenvalue weighted by molar-refractivity contribution is 0.0902. The van der Waals surface area contributed by atoms with Crippen LogP contribution in [0.2, 0.25) is 0 Å². The van der Waals surface area contributed by atoms with Gasteiger partial charge in [-0.2, -0.15) is 0 Å². The number of primary amides is 1. The molecule has 1 aromatic carbocycles. The van der Waals surface area contributed by atoms with Gasteiger partial charge in [0.2, 0.25) is 0 Å². The van der Waals surface area contributed by atoms with Crippen LogP contribution >= 0.6 is 11.3 Å². The number of aromatic nitrogens is 1. The number of hydrogen-bond acceptors (Lipinski definition) is 5. The number of hydrogen-bond donors (Lipinski definition) is 2. The highest BCUT2D eigenvalue weighted by Crippen LogP contribution is 2.17. The van der Waals surface area contributed by atoms with Crippen molar-refractivity contribution in [1.29, 1.82) is 0 Å². The van der Waals surface area contributed by atoms with E-state index in [2.05, 4.69) is 10.3 Å². The quantitative estimate of drug-likeness (QED) is 0.847. The molecule has 0 fully saturated rings. The highest BCUT2D eigenvalue weighted by Gasteiger charge is 2.19. The first kappa shape index (κ1) is 17.0. The molecule has 1 aromatic heterocycles. The van der Waals surface area contributed by atoms with Crippen LogP contribution in [0.3, 0.4) is 0 Å². The molecule has 2 aromatic rings. The Labute approximate surface area is 138 Å². The van der Waals surface area contributed by atoms with E-state index in [1.807, 2.05) is 37.3 Å². The maximum Gasteiger partial charge on any atom is 0.404 e. The maximum atomic E-state index is 12.4. The van der Waals surface area contributed by atoms with E-state index in [1.54, 1.807) is 6.92 Å². The Kier molecular flexibility index (Phi) is 5.70. The lowest BCUT2D eigenvalue weighted by Gasteiger charge is -2.18. The Morgan fingerprint density at radius 2 is 2.00 bits per heavy atom. The maximum absolute atomic E-state index is 12.4. The Morgan fingerprint density at radius 3 is 2.57 bits per heavy atom. The zero-order valence-corrected chi connectivity index (χ0v) is 13.9. The first-order chi connectivity index (χ1) is 11.0. The molecule has 6 nitrogen and oxygen atoms in total. The van der Waals surface area contributed by atoms with E-state index in [-0.39, 0.29) is 18.6 Å². The van der Waals surface area contributed by atoms with Gasteiger partial charge in [0.25, 0.3) is 5.91 Å².